The lowest BCUT2D eigenvalue weighted by Crippen LogP contribution is -2.39. The van der Waals surface area contributed by atoms with Crippen molar-refractivity contribution >= 4 is 17.5 Å². The minimum Gasteiger partial charge on any atom is -0.463 e. The lowest BCUT2D eigenvalue weighted by molar-refractivity contribution is -0.117. The number of hydrogen-bond acceptors (Lipinski definition) is 6. The number of ether oxygens (including phenoxy) is 1. The lowest BCUT2D eigenvalue weighted by atomic mass is 9.94. The number of hydrogen-bond donors (Lipinski definition) is 1. The smallest absolute Gasteiger partial charge is 0.320 e. The Hall–Kier alpha value is -1.89. The molecule has 3 heterocycles. The number of anilines is 2. The summed E-state index contributed by atoms with van der Waals surface area (Å²) in [4.78, 5) is 25.7. The highest BCUT2D eigenvalue weighted by molar-refractivity contribution is 6.01. The van der Waals surface area contributed by atoms with Gasteiger partial charge in [0.2, 0.25) is 5.91 Å². The summed E-state index contributed by atoms with van der Waals surface area (Å²) in [5.74, 6) is 2.41. The molecule has 0 saturated carbocycles. The van der Waals surface area contributed by atoms with Gasteiger partial charge in [0.1, 0.15) is 11.6 Å². The Bertz CT molecular complexity index is 679. The molecule has 1 fully saturated rings. The molecule has 1 unspecified atom stereocenters. The lowest BCUT2D eigenvalue weighted by Gasteiger charge is -2.34. The fourth-order valence-corrected chi connectivity index (χ4v) is 4.21. The van der Waals surface area contributed by atoms with Gasteiger partial charge in [0.15, 0.2) is 0 Å². The molecule has 1 atom stereocenters. The predicted molar refractivity (Wildman–Crippen MR) is 112 cm³/mol. The summed E-state index contributed by atoms with van der Waals surface area (Å²) in [7, 11) is 0. The Balaban J connectivity index is 1.63. The normalized spacial score (nSPS) is 20.1. The Morgan fingerprint density at radius 1 is 1.32 bits per heavy atom. The molecule has 7 nitrogen and oxygen atoms in total. The van der Waals surface area contributed by atoms with Gasteiger partial charge in [-0.25, -0.2) is 0 Å². The maximum Gasteiger partial charge on any atom is 0.320 e. The highest BCUT2D eigenvalue weighted by Crippen LogP contribution is 2.33. The minimum atomic E-state index is 0.0663. The van der Waals surface area contributed by atoms with E-state index < -0.39 is 0 Å². The number of nitrogens with zero attached hydrogens (tertiary/aromatic N) is 4. The van der Waals surface area contributed by atoms with Crippen molar-refractivity contribution < 1.29 is 9.53 Å². The van der Waals surface area contributed by atoms with Crippen LogP contribution in [0.25, 0.3) is 0 Å². The molecule has 1 saturated heterocycles. The van der Waals surface area contributed by atoms with E-state index in [1.165, 1.54) is 19.4 Å². The van der Waals surface area contributed by atoms with Crippen molar-refractivity contribution in [2.24, 2.45) is 11.8 Å². The molecule has 1 aromatic rings. The molecule has 1 amide bonds. The number of rotatable bonds is 9. The number of likely N-dealkylation sites (tertiary alicyclic amines) is 1. The summed E-state index contributed by atoms with van der Waals surface area (Å²) in [5, 5.41) is 0. The molecule has 0 bridgehead atoms. The van der Waals surface area contributed by atoms with Gasteiger partial charge in [-0.3, -0.25) is 9.69 Å². The van der Waals surface area contributed by atoms with Crippen LogP contribution in [-0.4, -0.2) is 53.6 Å². The first-order valence-corrected chi connectivity index (χ1v) is 10.8. The van der Waals surface area contributed by atoms with Gasteiger partial charge < -0.3 is 15.4 Å². The number of amides is 1. The summed E-state index contributed by atoms with van der Waals surface area (Å²) in [5.41, 5.74) is 6.84. The zero-order chi connectivity index (χ0) is 20.1. The van der Waals surface area contributed by atoms with Gasteiger partial charge in [0, 0.05) is 25.2 Å². The third-order valence-electron chi connectivity index (χ3n) is 5.60. The van der Waals surface area contributed by atoms with Crippen LogP contribution in [0.1, 0.15) is 58.4 Å². The van der Waals surface area contributed by atoms with Gasteiger partial charge in [-0.1, -0.05) is 27.2 Å². The number of carbonyl (C=O) groups excluding carboxylic acids is 1. The molecule has 2 N–H and O–H groups in total. The van der Waals surface area contributed by atoms with Crippen molar-refractivity contribution in [2.45, 2.75) is 59.3 Å². The van der Waals surface area contributed by atoms with E-state index in [9.17, 15) is 4.79 Å². The number of fused-ring (bicyclic) bond motifs is 1. The van der Waals surface area contributed by atoms with Crippen LogP contribution >= 0.6 is 0 Å². The van der Waals surface area contributed by atoms with E-state index in [0.29, 0.717) is 43.0 Å². The molecule has 0 aliphatic carbocycles. The fourth-order valence-electron chi connectivity index (χ4n) is 4.21. The highest BCUT2D eigenvalue weighted by atomic mass is 16.5. The average molecular weight is 390 g/mol. The average Bonchev–Trinajstić information content (AvgIpc) is 2.96. The Kier molecular flexibility index (Phi) is 7.10. The third kappa shape index (κ3) is 5.13. The SMILES string of the molecule is CCCCOc1nc(N)c2c(n1)N(CCC1CCCN(CC(C)C)C1)C(=O)C2. The number of aromatic nitrogens is 2. The van der Waals surface area contributed by atoms with Crippen LogP contribution in [-0.2, 0) is 11.2 Å². The quantitative estimate of drug-likeness (QED) is 0.654. The summed E-state index contributed by atoms with van der Waals surface area (Å²) in [6, 6.07) is 0.283. The number of unbranched alkanes of at least 4 members (excludes halogenated alkanes) is 1. The van der Waals surface area contributed by atoms with Gasteiger partial charge >= 0.3 is 6.01 Å². The van der Waals surface area contributed by atoms with Crippen molar-refractivity contribution in [1.29, 1.82) is 0 Å². The van der Waals surface area contributed by atoms with E-state index in [4.69, 9.17) is 10.5 Å². The van der Waals surface area contributed by atoms with Gasteiger partial charge in [-0.05, 0) is 44.1 Å². The molecule has 2 aliphatic rings. The summed E-state index contributed by atoms with van der Waals surface area (Å²) >= 11 is 0. The van der Waals surface area contributed by atoms with E-state index in [1.807, 2.05) is 0 Å². The largest absolute Gasteiger partial charge is 0.463 e. The van der Waals surface area contributed by atoms with Gasteiger partial charge in [0.05, 0.1) is 13.0 Å². The standard InChI is InChI=1S/C21H35N5O2/c1-4-5-11-28-21-23-19(22)17-12-18(27)26(20(17)24-21)10-8-16-7-6-9-25(14-16)13-15(2)3/h15-16H,4-14H2,1-3H3,(H2,22,23,24). The second-order valence-electron chi connectivity index (χ2n) is 8.57. The minimum absolute atomic E-state index is 0.0663. The molecule has 3 rings (SSSR count). The summed E-state index contributed by atoms with van der Waals surface area (Å²) in [6.07, 6.45) is 5.75. The molecular formula is C21H35N5O2. The first kappa shape index (κ1) is 20.8. The fraction of sp³-hybridized carbons (Fsp3) is 0.762. The molecular weight excluding hydrogens is 354 g/mol. The third-order valence-corrected chi connectivity index (χ3v) is 5.60. The van der Waals surface area contributed by atoms with Crippen LogP contribution in [0, 0.1) is 11.8 Å². The van der Waals surface area contributed by atoms with Crippen molar-refractivity contribution in [1.82, 2.24) is 14.9 Å². The number of carbonyl (C=O) groups is 1. The van der Waals surface area contributed by atoms with Crippen LogP contribution in [0.5, 0.6) is 6.01 Å². The van der Waals surface area contributed by atoms with E-state index in [2.05, 4.69) is 35.6 Å². The van der Waals surface area contributed by atoms with Crippen molar-refractivity contribution in [2.75, 3.05) is 43.4 Å². The number of nitrogens with two attached hydrogens (primary N) is 1. The molecule has 7 heteroatoms. The van der Waals surface area contributed by atoms with Gasteiger partial charge in [-0.15, -0.1) is 0 Å². The maximum absolute atomic E-state index is 12.6. The monoisotopic (exact) mass is 389 g/mol. The Morgan fingerprint density at radius 3 is 2.89 bits per heavy atom. The first-order valence-electron chi connectivity index (χ1n) is 10.8. The van der Waals surface area contributed by atoms with Crippen LogP contribution in [0.3, 0.4) is 0 Å². The van der Waals surface area contributed by atoms with E-state index in [0.717, 1.165) is 37.9 Å². The van der Waals surface area contributed by atoms with Crippen LogP contribution in [0.2, 0.25) is 0 Å². The van der Waals surface area contributed by atoms with Crippen molar-refractivity contribution in [3.63, 3.8) is 0 Å². The maximum atomic E-state index is 12.6. The number of piperidine rings is 1. The molecule has 28 heavy (non-hydrogen) atoms. The van der Waals surface area contributed by atoms with Gasteiger partial charge in [0.25, 0.3) is 0 Å². The Labute approximate surface area is 168 Å². The summed E-state index contributed by atoms with van der Waals surface area (Å²) < 4.78 is 5.63. The topological polar surface area (TPSA) is 84.6 Å². The zero-order valence-corrected chi connectivity index (χ0v) is 17.6. The molecule has 156 valence electrons. The van der Waals surface area contributed by atoms with Crippen LogP contribution in [0.15, 0.2) is 0 Å². The van der Waals surface area contributed by atoms with Crippen LogP contribution in [0.4, 0.5) is 11.6 Å². The zero-order valence-electron chi connectivity index (χ0n) is 17.6. The first-order chi connectivity index (χ1) is 13.5. The van der Waals surface area contributed by atoms with Crippen molar-refractivity contribution in [3.8, 4) is 6.01 Å². The molecule has 0 spiro atoms. The second kappa shape index (κ2) is 9.54. The van der Waals surface area contributed by atoms with E-state index >= 15 is 0 Å². The predicted octanol–water partition coefficient (Wildman–Crippen LogP) is 2.88. The molecule has 0 aromatic carbocycles. The molecule has 0 radical (unpaired) electrons. The van der Waals surface area contributed by atoms with Crippen LogP contribution < -0.4 is 15.4 Å². The Morgan fingerprint density at radius 2 is 2.14 bits per heavy atom. The van der Waals surface area contributed by atoms with Crippen molar-refractivity contribution in [3.05, 3.63) is 5.56 Å². The second-order valence-corrected chi connectivity index (χ2v) is 8.57. The van der Waals surface area contributed by atoms with E-state index in [-0.39, 0.29) is 11.9 Å². The van der Waals surface area contributed by atoms with E-state index in [1.54, 1.807) is 4.90 Å². The molecule has 1 aromatic heterocycles. The molecule has 2 aliphatic heterocycles. The number of nitrogen functional groups attached to an aromatic ring is 1. The highest BCUT2D eigenvalue weighted by Gasteiger charge is 2.33. The van der Waals surface area contributed by atoms with Gasteiger partial charge in [-0.2, -0.15) is 9.97 Å². The summed E-state index contributed by atoms with van der Waals surface area (Å²) in [6.45, 7) is 11.4.